The molecular weight excluding hydrogens is 315 g/mol. The highest BCUT2D eigenvalue weighted by molar-refractivity contribution is 14.1. The lowest BCUT2D eigenvalue weighted by Crippen LogP contribution is -1.88. The smallest absolute Gasteiger partial charge is 0.219 e. The number of hydrogen-bond donors (Lipinski definition) is 0. The van der Waals surface area contributed by atoms with Crippen molar-refractivity contribution in [3.05, 3.63) is 51.7 Å². The Bertz CT molecular complexity index is 514. The second kappa shape index (κ2) is 4.94. The first kappa shape index (κ1) is 10.9. The number of rotatable bonds is 2. The Morgan fingerprint density at radius 1 is 1.12 bits per heavy atom. The van der Waals surface area contributed by atoms with E-state index in [4.69, 9.17) is 10.00 Å². The van der Waals surface area contributed by atoms with Crippen molar-refractivity contribution in [2.45, 2.75) is 0 Å². The fourth-order valence-corrected chi connectivity index (χ4v) is 1.49. The highest BCUT2D eigenvalue weighted by Gasteiger charge is 1.98. The van der Waals surface area contributed by atoms with Crippen LogP contribution in [0.5, 0.6) is 11.6 Å². The molecule has 1 aromatic carbocycles. The predicted octanol–water partition coefficient (Wildman–Crippen LogP) is 3.35. The Balaban J connectivity index is 2.15. The van der Waals surface area contributed by atoms with Crippen LogP contribution in [-0.4, -0.2) is 4.98 Å². The van der Waals surface area contributed by atoms with Crippen molar-refractivity contribution in [2.75, 3.05) is 0 Å². The zero-order valence-electron chi connectivity index (χ0n) is 8.22. The van der Waals surface area contributed by atoms with Gasteiger partial charge in [0.15, 0.2) is 0 Å². The molecule has 0 radical (unpaired) electrons. The number of aromatic nitrogens is 1. The zero-order valence-corrected chi connectivity index (χ0v) is 10.4. The van der Waals surface area contributed by atoms with Crippen LogP contribution in [0.1, 0.15) is 5.56 Å². The molecule has 0 amide bonds. The highest BCUT2D eigenvalue weighted by Crippen LogP contribution is 2.20. The highest BCUT2D eigenvalue weighted by atomic mass is 127. The van der Waals surface area contributed by atoms with E-state index in [0.29, 0.717) is 11.4 Å². The summed E-state index contributed by atoms with van der Waals surface area (Å²) in [6, 6.07) is 13.0. The molecule has 0 atom stereocenters. The van der Waals surface area contributed by atoms with E-state index in [0.717, 1.165) is 9.32 Å². The first-order valence-electron chi connectivity index (χ1n) is 4.57. The standard InChI is InChI=1S/C12H7IN2O/c13-10-2-4-11(5-3-10)16-12-6-1-9(7-14)8-15-12/h1-6,8H. The van der Waals surface area contributed by atoms with Gasteiger partial charge in [0.2, 0.25) is 5.88 Å². The Morgan fingerprint density at radius 3 is 2.44 bits per heavy atom. The maximum absolute atomic E-state index is 8.62. The fraction of sp³-hybridized carbons (Fsp3) is 0. The molecule has 0 aliphatic heterocycles. The Kier molecular flexibility index (Phi) is 3.37. The van der Waals surface area contributed by atoms with Gasteiger partial charge < -0.3 is 4.74 Å². The molecule has 0 unspecified atom stereocenters. The molecule has 0 N–H and O–H groups in total. The third-order valence-corrected chi connectivity index (χ3v) is 2.62. The average molecular weight is 322 g/mol. The molecule has 1 heterocycles. The summed E-state index contributed by atoms with van der Waals surface area (Å²) in [6.07, 6.45) is 1.49. The first-order valence-corrected chi connectivity index (χ1v) is 5.65. The second-order valence-electron chi connectivity index (χ2n) is 3.05. The van der Waals surface area contributed by atoms with E-state index >= 15 is 0 Å². The first-order chi connectivity index (χ1) is 7.78. The van der Waals surface area contributed by atoms with Crippen LogP contribution >= 0.6 is 22.6 Å². The summed E-state index contributed by atoms with van der Waals surface area (Å²) in [5.41, 5.74) is 0.523. The van der Waals surface area contributed by atoms with Gasteiger partial charge in [-0.15, -0.1) is 0 Å². The molecule has 0 spiro atoms. The number of nitrogens with zero attached hydrogens (tertiary/aromatic N) is 2. The summed E-state index contributed by atoms with van der Waals surface area (Å²) in [6.45, 7) is 0. The van der Waals surface area contributed by atoms with Crippen molar-refractivity contribution in [1.82, 2.24) is 4.98 Å². The van der Waals surface area contributed by atoms with Crippen molar-refractivity contribution in [2.24, 2.45) is 0 Å². The van der Waals surface area contributed by atoms with Gasteiger partial charge in [0.25, 0.3) is 0 Å². The number of halogens is 1. The molecule has 1 aromatic heterocycles. The van der Waals surface area contributed by atoms with Crippen molar-refractivity contribution in [1.29, 1.82) is 5.26 Å². The molecule has 0 aliphatic carbocycles. The average Bonchev–Trinajstić information content (AvgIpc) is 2.33. The summed E-state index contributed by atoms with van der Waals surface area (Å²) in [5.74, 6) is 1.22. The number of benzene rings is 1. The van der Waals surface area contributed by atoms with Crippen molar-refractivity contribution >= 4 is 22.6 Å². The summed E-state index contributed by atoms with van der Waals surface area (Å²) in [7, 11) is 0. The van der Waals surface area contributed by atoms with Crippen molar-refractivity contribution in [3.63, 3.8) is 0 Å². The van der Waals surface area contributed by atoms with Crippen molar-refractivity contribution < 1.29 is 4.74 Å². The summed E-state index contributed by atoms with van der Waals surface area (Å²) in [4.78, 5) is 4.02. The molecule has 78 valence electrons. The van der Waals surface area contributed by atoms with Crippen LogP contribution in [0.25, 0.3) is 0 Å². The lowest BCUT2D eigenvalue weighted by molar-refractivity contribution is 0.463. The van der Waals surface area contributed by atoms with Gasteiger partial charge in [-0.2, -0.15) is 5.26 Å². The maximum Gasteiger partial charge on any atom is 0.219 e. The minimum Gasteiger partial charge on any atom is -0.439 e. The third kappa shape index (κ3) is 2.70. The van der Waals surface area contributed by atoms with Gasteiger partial charge in [-0.25, -0.2) is 4.98 Å². The summed E-state index contributed by atoms with van der Waals surface area (Å²) >= 11 is 2.23. The van der Waals surface area contributed by atoms with E-state index in [1.807, 2.05) is 30.3 Å². The van der Waals surface area contributed by atoms with E-state index in [2.05, 4.69) is 27.6 Å². The fourth-order valence-electron chi connectivity index (χ4n) is 1.13. The van der Waals surface area contributed by atoms with E-state index < -0.39 is 0 Å². The van der Waals surface area contributed by atoms with E-state index in [1.165, 1.54) is 6.20 Å². The van der Waals surface area contributed by atoms with Gasteiger partial charge in [0.05, 0.1) is 5.56 Å². The molecule has 0 aliphatic rings. The van der Waals surface area contributed by atoms with Gasteiger partial charge in [0.1, 0.15) is 11.8 Å². The second-order valence-corrected chi connectivity index (χ2v) is 4.30. The van der Waals surface area contributed by atoms with Gasteiger partial charge >= 0.3 is 0 Å². The molecule has 0 fully saturated rings. The topological polar surface area (TPSA) is 45.9 Å². The van der Waals surface area contributed by atoms with E-state index in [1.54, 1.807) is 12.1 Å². The van der Waals surface area contributed by atoms with Gasteiger partial charge in [0, 0.05) is 15.8 Å². The normalized spacial score (nSPS) is 9.50. The van der Waals surface area contributed by atoms with Crippen LogP contribution in [-0.2, 0) is 0 Å². The van der Waals surface area contributed by atoms with Crippen molar-refractivity contribution in [3.8, 4) is 17.7 Å². The molecule has 0 bridgehead atoms. The minimum absolute atomic E-state index is 0.486. The molecular formula is C12H7IN2O. The lowest BCUT2D eigenvalue weighted by atomic mass is 10.3. The number of ether oxygens (including phenoxy) is 1. The maximum atomic E-state index is 8.62. The minimum atomic E-state index is 0.486. The van der Waals surface area contributed by atoms with E-state index in [9.17, 15) is 0 Å². The number of nitriles is 1. The quantitative estimate of drug-likeness (QED) is 0.797. The summed E-state index contributed by atoms with van der Waals surface area (Å²) in [5, 5.41) is 8.62. The lowest BCUT2D eigenvalue weighted by Gasteiger charge is -2.03. The van der Waals surface area contributed by atoms with Gasteiger partial charge in [-0.05, 0) is 52.9 Å². The third-order valence-electron chi connectivity index (χ3n) is 1.90. The van der Waals surface area contributed by atoms with Crippen LogP contribution in [0.2, 0.25) is 0 Å². The van der Waals surface area contributed by atoms with Crippen LogP contribution in [0, 0.1) is 14.9 Å². The van der Waals surface area contributed by atoms with E-state index in [-0.39, 0.29) is 0 Å². The van der Waals surface area contributed by atoms with Gasteiger partial charge in [-0.3, -0.25) is 0 Å². The Morgan fingerprint density at radius 2 is 1.88 bits per heavy atom. The molecule has 4 heteroatoms. The summed E-state index contributed by atoms with van der Waals surface area (Å²) < 4.78 is 6.66. The Labute approximate surface area is 107 Å². The molecule has 2 rings (SSSR count). The SMILES string of the molecule is N#Cc1ccc(Oc2ccc(I)cc2)nc1. The largest absolute Gasteiger partial charge is 0.439 e. The Hall–Kier alpha value is -1.61. The van der Waals surface area contributed by atoms with Crippen LogP contribution < -0.4 is 4.74 Å². The predicted molar refractivity (Wildman–Crippen MR) is 68.2 cm³/mol. The molecule has 3 nitrogen and oxygen atoms in total. The monoisotopic (exact) mass is 322 g/mol. The zero-order chi connectivity index (χ0) is 11.4. The number of hydrogen-bond acceptors (Lipinski definition) is 3. The molecule has 2 aromatic rings. The number of pyridine rings is 1. The molecule has 0 saturated carbocycles. The molecule has 16 heavy (non-hydrogen) atoms. The van der Waals surface area contributed by atoms with Crippen LogP contribution in [0.15, 0.2) is 42.6 Å². The molecule has 0 saturated heterocycles. The van der Waals surface area contributed by atoms with Crippen LogP contribution in [0.4, 0.5) is 0 Å². The van der Waals surface area contributed by atoms with Crippen LogP contribution in [0.3, 0.4) is 0 Å². The van der Waals surface area contributed by atoms with Gasteiger partial charge in [-0.1, -0.05) is 0 Å².